The molecule has 0 rings (SSSR count). The van der Waals surface area contributed by atoms with Crippen molar-refractivity contribution < 1.29 is 14.2 Å². The van der Waals surface area contributed by atoms with E-state index >= 15 is 0 Å². The van der Waals surface area contributed by atoms with Crippen molar-refractivity contribution in [2.75, 3.05) is 38.6 Å². The van der Waals surface area contributed by atoms with Crippen LogP contribution < -0.4 is 0 Å². The minimum atomic E-state index is 0.269. The summed E-state index contributed by atoms with van der Waals surface area (Å²) >= 11 is 11.1. The predicted molar refractivity (Wildman–Crippen MR) is 80.9 cm³/mol. The van der Waals surface area contributed by atoms with E-state index in [-0.39, 0.29) is 13.6 Å². The van der Waals surface area contributed by atoms with Gasteiger partial charge < -0.3 is 14.2 Å². The van der Waals surface area contributed by atoms with E-state index in [4.69, 9.17) is 37.4 Å². The largest absolute Gasteiger partial charge is 0.355 e. The molecular weight excluding hydrogens is 287 g/mol. The van der Waals surface area contributed by atoms with Crippen LogP contribution in [0.25, 0.3) is 0 Å². The lowest BCUT2D eigenvalue weighted by molar-refractivity contribution is -0.129. The Morgan fingerprint density at radius 2 is 1.00 bits per heavy atom. The quantitative estimate of drug-likeness (QED) is 0.209. The van der Waals surface area contributed by atoms with Gasteiger partial charge in [0.2, 0.25) is 0 Å². The second-order valence-corrected chi connectivity index (χ2v) is 4.49. The molecule has 0 heterocycles. The fourth-order valence-corrected chi connectivity index (χ4v) is 1.42. The number of rotatable bonds is 14. The van der Waals surface area contributed by atoms with Gasteiger partial charge >= 0.3 is 0 Å². The summed E-state index contributed by atoms with van der Waals surface area (Å²) in [7, 11) is 0. The molecule has 0 radical (unpaired) electrons. The molecule has 0 spiro atoms. The smallest absolute Gasteiger partial charge is 0.149 e. The molecule has 0 amide bonds. The molecule has 112 valence electrons. The zero-order valence-electron chi connectivity index (χ0n) is 11.4. The number of halogens is 2. The predicted octanol–water partition coefficient (Wildman–Crippen LogP) is 4.10. The number of hydrogen-bond acceptors (Lipinski definition) is 3. The first-order valence-corrected chi connectivity index (χ1v) is 7.64. The Labute approximate surface area is 126 Å². The minimum Gasteiger partial charge on any atom is -0.355 e. The SMILES string of the molecule is ClCC/C=C\CCOCOCOCC/C=C\CCCl. The molecule has 0 N–H and O–H groups in total. The van der Waals surface area contributed by atoms with Gasteiger partial charge in [0.15, 0.2) is 0 Å². The summed E-state index contributed by atoms with van der Waals surface area (Å²) in [5, 5.41) is 0. The lowest BCUT2D eigenvalue weighted by atomic mass is 10.3. The normalized spacial score (nSPS) is 11.9. The van der Waals surface area contributed by atoms with Crippen molar-refractivity contribution in [2.24, 2.45) is 0 Å². The lowest BCUT2D eigenvalue weighted by Gasteiger charge is -2.05. The van der Waals surface area contributed by atoms with Crippen LogP contribution in [0.1, 0.15) is 25.7 Å². The van der Waals surface area contributed by atoms with Crippen LogP contribution in [0.5, 0.6) is 0 Å². The molecule has 0 aromatic rings. The molecule has 0 saturated carbocycles. The zero-order chi connectivity index (χ0) is 14.0. The fraction of sp³-hybridized carbons (Fsp3) is 0.714. The zero-order valence-corrected chi connectivity index (χ0v) is 12.9. The molecule has 0 aliphatic carbocycles. The van der Waals surface area contributed by atoms with Gasteiger partial charge in [-0.05, 0) is 25.7 Å². The van der Waals surface area contributed by atoms with E-state index in [9.17, 15) is 0 Å². The van der Waals surface area contributed by atoms with E-state index in [2.05, 4.69) is 24.3 Å². The van der Waals surface area contributed by atoms with Crippen molar-refractivity contribution >= 4 is 23.2 Å². The van der Waals surface area contributed by atoms with E-state index in [0.717, 1.165) is 25.7 Å². The van der Waals surface area contributed by atoms with Crippen LogP contribution in [0, 0.1) is 0 Å². The van der Waals surface area contributed by atoms with Gasteiger partial charge in [-0.25, -0.2) is 0 Å². The van der Waals surface area contributed by atoms with Crippen molar-refractivity contribution in [3.63, 3.8) is 0 Å². The maximum atomic E-state index is 5.53. The lowest BCUT2D eigenvalue weighted by Crippen LogP contribution is -2.05. The van der Waals surface area contributed by atoms with Crippen molar-refractivity contribution in [3.8, 4) is 0 Å². The maximum absolute atomic E-state index is 5.53. The second kappa shape index (κ2) is 17.9. The highest BCUT2D eigenvalue weighted by atomic mass is 35.5. The van der Waals surface area contributed by atoms with Crippen LogP contribution >= 0.6 is 23.2 Å². The van der Waals surface area contributed by atoms with Gasteiger partial charge in [0.1, 0.15) is 13.6 Å². The van der Waals surface area contributed by atoms with Gasteiger partial charge in [0.25, 0.3) is 0 Å². The summed E-state index contributed by atoms with van der Waals surface area (Å²) in [4.78, 5) is 0. The van der Waals surface area contributed by atoms with Gasteiger partial charge in [-0.1, -0.05) is 24.3 Å². The molecule has 5 heteroatoms. The summed E-state index contributed by atoms with van der Waals surface area (Å²) in [5.41, 5.74) is 0. The Morgan fingerprint density at radius 1 is 0.579 bits per heavy atom. The minimum absolute atomic E-state index is 0.269. The Balaban J connectivity index is 3.02. The van der Waals surface area contributed by atoms with Crippen LogP contribution in [0.4, 0.5) is 0 Å². The molecule has 0 saturated heterocycles. The summed E-state index contributed by atoms with van der Waals surface area (Å²) in [6.45, 7) is 1.84. The van der Waals surface area contributed by atoms with E-state index in [1.807, 2.05) is 0 Å². The van der Waals surface area contributed by atoms with Gasteiger partial charge in [0.05, 0.1) is 13.2 Å². The molecular formula is C14H24Cl2O3. The van der Waals surface area contributed by atoms with Crippen molar-refractivity contribution in [1.82, 2.24) is 0 Å². The Kier molecular flexibility index (Phi) is 17.9. The Bertz CT molecular complexity index is 199. The van der Waals surface area contributed by atoms with Gasteiger partial charge in [-0.2, -0.15) is 0 Å². The Morgan fingerprint density at radius 3 is 1.42 bits per heavy atom. The summed E-state index contributed by atoms with van der Waals surface area (Å²) in [5.74, 6) is 1.33. The van der Waals surface area contributed by atoms with Crippen molar-refractivity contribution in [1.29, 1.82) is 0 Å². The first-order valence-electron chi connectivity index (χ1n) is 6.57. The first kappa shape index (κ1) is 18.9. The summed E-state index contributed by atoms with van der Waals surface area (Å²) < 4.78 is 15.7. The number of ether oxygens (including phenoxy) is 3. The summed E-state index contributed by atoms with van der Waals surface area (Å²) in [6, 6.07) is 0. The molecule has 0 aliphatic rings. The standard InChI is InChI=1S/C14H24Cl2O3/c15-9-5-1-3-7-11-17-13-19-14-18-12-8-4-2-6-10-16/h1-4H,5-14H2/b3-1-,4-2-. The highest BCUT2D eigenvalue weighted by Crippen LogP contribution is 1.93. The molecule has 19 heavy (non-hydrogen) atoms. The summed E-state index contributed by atoms with van der Waals surface area (Å²) in [6.07, 6.45) is 11.8. The van der Waals surface area contributed by atoms with E-state index in [1.54, 1.807) is 0 Å². The van der Waals surface area contributed by atoms with Crippen molar-refractivity contribution in [2.45, 2.75) is 25.7 Å². The molecule has 0 unspecified atom stereocenters. The maximum Gasteiger partial charge on any atom is 0.149 e. The van der Waals surface area contributed by atoms with E-state index < -0.39 is 0 Å². The van der Waals surface area contributed by atoms with Crippen LogP contribution in [-0.4, -0.2) is 38.6 Å². The van der Waals surface area contributed by atoms with Crippen LogP contribution in [-0.2, 0) is 14.2 Å². The van der Waals surface area contributed by atoms with E-state index in [0.29, 0.717) is 25.0 Å². The third kappa shape index (κ3) is 17.9. The molecule has 0 atom stereocenters. The third-order valence-corrected chi connectivity index (χ3v) is 2.51. The van der Waals surface area contributed by atoms with Crippen LogP contribution in [0.15, 0.2) is 24.3 Å². The number of allylic oxidation sites excluding steroid dienone is 2. The first-order chi connectivity index (χ1) is 9.41. The topological polar surface area (TPSA) is 27.7 Å². The van der Waals surface area contributed by atoms with Crippen LogP contribution in [0.2, 0.25) is 0 Å². The van der Waals surface area contributed by atoms with Crippen molar-refractivity contribution in [3.05, 3.63) is 24.3 Å². The average Bonchev–Trinajstić information content (AvgIpc) is 2.43. The molecule has 0 aromatic heterocycles. The highest BCUT2D eigenvalue weighted by molar-refractivity contribution is 6.18. The highest BCUT2D eigenvalue weighted by Gasteiger charge is 1.88. The molecule has 0 bridgehead atoms. The monoisotopic (exact) mass is 310 g/mol. The second-order valence-electron chi connectivity index (χ2n) is 3.73. The van der Waals surface area contributed by atoms with Crippen LogP contribution in [0.3, 0.4) is 0 Å². The average molecular weight is 311 g/mol. The van der Waals surface area contributed by atoms with E-state index in [1.165, 1.54) is 0 Å². The molecule has 0 aliphatic heterocycles. The number of hydrogen-bond donors (Lipinski definition) is 0. The van der Waals surface area contributed by atoms with Gasteiger partial charge in [0, 0.05) is 11.8 Å². The van der Waals surface area contributed by atoms with Gasteiger partial charge in [-0.15, -0.1) is 23.2 Å². The third-order valence-electron chi connectivity index (χ3n) is 2.08. The number of alkyl halides is 2. The fourth-order valence-electron chi connectivity index (χ4n) is 1.17. The molecule has 3 nitrogen and oxygen atoms in total. The Hall–Kier alpha value is -0.0600. The molecule has 0 aromatic carbocycles. The molecule has 0 fully saturated rings. The van der Waals surface area contributed by atoms with Gasteiger partial charge in [-0.3, -0.25) is 0 Å².